The van der Waals surface area contributed by atoms with Crippen molar-refractivity contribution in [3.05, 3.63) is 58.4 Å². The first-order chi connectivity index (χ1) is 14.7. The number of H-pyrrole nitrogens is 1. The molecule has 9 nitrogen and oxygen atoms in total. The van der Waals surface area contributed by atoms with Gasteiger partial charge in [0.2, 0.25) is 0 Å². The van der Waals surface area contributed by atoms with Crippen molar-refractivity contribution < 1.29 is 14.6 Å². The molecule has 1 aromatic heterocycles. The van der Waals surface area contributed by atoms with Gasteiger partial charge < -0.3 is 26.0 Å². The Labute approximate surface area is 179 Å². The molecular formula is C22H25N5O4. The largest absolute Gasteiger partial charge is 0.493 e. The fraction of sp³-hybridized carbons (Fsp3) is 0.227. The standard InChI is InChI=1S/C22H25N5O4/c1-4-31-16-11-13(12-6-5-7-14(10-12)22(2,3)21(29)30)8-9-15(16)18-25-19(27-24)17(23)20(28)26-18/h5-11H,4,23-24H2,1-3H3,(H,29,30)(H2,25,26,27,28). The molecule has 3 rings (SSSR count). The maximum absolute atomic E-state index is 12.1. The summed E-state index contributed by atoms with van der Waals surface area (Å²) in [5.74, 6) is 5.33. The number of benzene rings is 2. The van der Waals surface area contributed by atoms with E-state index in [1.165, 1.54) is 0 Å². The van der Waals surface area contributed by atoms with E-state index in [1.807, 2.05) is 37.3 Å². The summed E-state index contributed by atoms with van der Waals surface area (Å²) in [4.78, 5) is 30.7. The highest BCUT2D eigenvalue weighted by atomic mass is 16.5. The van der Waals surface area contributed by atoms with Crippen LogP contribution in [0.3, 0.4) is 0 Å². The van der Waals surface area contributed by atoms with Crippen LogP contribution in [0.4, 0.5) is 11.5 Å². The summed E-state index contributed by atoms with van der Waals surface area (Å²) in [5, 5.41) is 9.54. The van der Waals surface area contributed by atoms with Crippen LogP contribution in [0.2, 0.25) is 0 Å². The number of aromatic amines is 1. The van der Waals surface area contributed by atoms with Gasteiger partial charge in [-0.1, -0.05) is 30.3 Å². The SMILES string of the molecule is CCOc1cc(-c2cccc(C(C)(C)C(=O)O)c2)ccc1-c1nc(NN)c(N)c(=O)[nH]1. The summed E-state index contributed by atoms with van der Waals surface area (Å²) in [6, 6.07) is 12.8. The molecule has 0 aliphatic rings. The van der Waals surface area contributed by atoms with E-state index < -0.39 is 16.9 Å². The van der Waals surface area contributed by atoms with Crippen molar-refractivity contribution >= 4 is 17.5 Å². The summed E-state index contributed by atoms with van der Waals surface area (Å²) in [5.41, 5.74) is 9.24. The zero-order valence-corrected chi connectivity index (χ0v) is 17.5. The van der Waals surface area contributed by atoms with Crippen LogP contribution in [0.15, 0.2) is 47.3 Å². The van der Waals surface area contributed by atoms with Crippen LogP contribution in [0.5, 0.6) is 5.75 Å². The van der Waals surface area contributed by atoms with E-state index in [-0.39, 0.29) is 17.3 Å². The van der Waals surface area contributed by atoms with E-state index >= 15 is 0 Å². The fourth-order valence-electron chi connectivity index (χ4n) is 3.10. The number of carboxylic acids is 1. The molecule has 9 heteroatoms. The molecule has 0 saturated carbocycles. The third-order valence-electron chi connectivity index (χ3n) is 5.08. The number of nitrogens with two attached hydrogens (primary N) is 2. The molecule has 7 N–H and O–H groups in total. The quantitative estimate of drug-likeness (QED) is 0.287. The van der Waals surface area contributed by atoms with Crippen LogP contribution in [-0.4, -0.2) is 27.7 Å². The number of aromatic nitrogens is 2. The minimum absolute atomic E-state index is 0.0638. The van der Waals surface area contributed by atoms with E-state index in [4.69, 9.17) is 16.3 Å². The number of hydrazine groups is 1. The number of nitrogen functional groups attached to an aromatic ring is 2. The molecule has 0 radical (unpaired) electrons. The van der Waals surface area contributed by atoms with Gasteiger partial charge in [-0.2, -0.15) is 0 Å². The van der Waals surface area contributed by atoms with Crippen LogP contribution in [0.1, 0.15) is 26.3 Å². The summed E-state index contributed by atoms with van der Waals surface area (Å²) in [7, 11) is 0. The number of aliphatic carboxylic acids is 1. The van der Waals surface area contributed by atoms with Gasteiger partial charge in [-0.3, -0.25) is 9.59 Å². The van der Waals surface area contributed by atoms with Gasteiger partial charge in [-0.15, -0.1) is 0 Å². The topological polar surface area (TPSA) is 156 Å². The Balaban J connectivity index is 2.11. The number of carbonyl (C=O) groups is 1. The number of hydrogen-bond acceptors (Lipinski definition) is 7. The van der Waals surface area contributed by atoms with Gasteiger partial charge >= 0.3 is 5.97 Å². The molecule has 31 heavy (non-hydrogen) atoms. The maximum atomic E-state index is 12.1. The molecule has 1 heterocycles. The van der Waals surface area contributed by atoms with Crippen molar-refractivity contribution in [3.63, 3.8) is 0 Å². The lowest BCUT2D eigenvalue weighted by Gasteiger charge is -2.20. The highest BCUT2D eigenvalue weighted by Crippen LogP contribution is 2.35. The number of nitrogens with zero attached hydrogens (tertiary/aromatic N) is 1. The van der Waals surface area contributed by atoms with Crippen molar-refractivity contribution in [2.45, 2.75) is 26.2 Å². The van der Waals surface area contributed by atoms with Crippen LogP contribution < -0.4 is 27.3 Å². The predicted molar refractivity (Wildman–Crippen MR) is 120 cm³/mol. The molecule has 0 amide bonds. The monoisotopic (exact) mass is 423 g/mol. The second-order valence-corrected chi connectivity index (χ2v) is 7.48. The van der Waals surface area contributed by atoms with Gasteiger partial charge in [-0.05, 0) is 49.6 Å². The number of ether oxygens (including phenoxy) is 1. The van der Waals surface area contributed by atoms with Crippen molar-refractivity contribution in [1.29, 1.82) is 0 Å². The zero-order chi connectivity index (χ0) is 22.8. The first-order valence-electron chi connectivity index (χ1n) is 9.67. The van der Waals surface area contributed by atoms with Crippen molar-refractivity contribution in [1.82, 2.24) is 9.97 Å². The van der Waals surface area contributed by atoms with Gasteiger partial charge in [0.25, 0.3) is 5.56 Å². The number of nitrogens with one attached hydrogen (secondary N) is 2. The average molecular weight is 423 g/mol. The first kappa shape index (κ1) is 21.8. The van der Waals surface area contributed by atoms with E-state index in [2.05, 4.69) is 15.4 Å². The van der Waals surface area contributed by atoms with Crippen molar-refractivity contribution in [3.8, 4) is 28.3 Å². The molecular weight excluding hydrogens is 398 g/mol. The van der Waals surface area contributed by atoms with Gasteiger partial charge in [0.1, 0.15) is 17.3 Å². The number of anilines is 2. The third-order valence-corrected chi connectivity index (χ3v) is 5.08. The molecule has 0 spiro atoms. The Hall–Kier alpha value is -3.85. The lowest BCUT2D eigenvalue weighted by Crippen LogP contribution is -2.28. The van der Waals surface area contributed by atoms with E-state index in [0.29, 0.717) is 23.5 Å². The Morgan fingerprint density at radius 3 is 2.58 bits per heavy atom. The van der Waals surface area contributed by atoms with Gasteiger partial charge in [-0.25, -0.2) is 10.8 Å². The second kappa shape index (κ2) is 8.49. The summed E-state index contributed by atoms with van der Waals surface area (Å²) >= 11 is 0. The zero-order valence-electron chi connectivity index (χ0n) is 17.5. The van der Waals surface area contributed by atoms with E-state index in [1.54, 1.807) is 26.0 Å². The van der Waals surface area contributed by atoms with Crippen LogP contribution in [0.25, 0.3) is 22.5 Å². The average Bonchev–Trinajstić information content (AvgIpc) is 2.75. The molecule has 0 aliphatic heterocycles. The number of hydrogen-bond donors (Lipinski definition) is 5. The molecule has 0 unspecified atom stereocenters. The fourth-order valence-corrected chi connectivity index (χ4v) is 3.10. The molecule has 0 bridgehead atoms. The maximum Gasteiger partial charge on any atom is 0.313 e. The lowest BCUT2D eigenvalue weighted by molar-refractivity contribution is -0.142. The second-order valence-electron chi connectivity index (χ2n) is 7.48. The van der Waals surface area contributed by atoms with Crippen LogP contribution in [-0.2, 0) is 10.2 Å². The van der Waals surface area contributed by atoms with Gasteiger partial charge in [0.15, 0.2) is 5.82 Å². The van der Waals surface area contributed by atoms with Crippen molar-refractivity contribution in [2.24, 2.45) is 5.84 Å². The predicted octanol–water partition coefficient (Wildman–Crippen LogP) is 2.73. The summed E-state index contributed by atoms with van der Waals surface area (Å²) < 4.78 is 5.79. The lowest BCUT2D eigenvalue weighted by atomic mass is 9.83. The van der Waals surface area contributed by atoms with E-state index in [9.17, 15) is 14.7 Å². The van der Waals surface area contributed by atoms with Gasteiger partial charge in [0.05, 0.1) is 17.6 Å². The highest BCUT2D eigenvalue weighted by molar-refractivity contribution is 5.81. The molecule has 0 aliphatic carbocycles. The summed E-state index contributed by atoms with van der Waals surface area (Å²) in [6.45, 7) is 5.56. The minimum atomic E-state index is -1.03. The molecule has 3 aromatic rings. The number of carboxylic acid groups (broad SMARTS) is 1. The molecule has 0 saturated heterocycles. The minimum Gasteiger partial charge on any atom is -0.493 e. The third kappa shape index (κ3) is 4.22. The van der Waals surface area contributed by atoms with E-state index in [0.717, 1.165) is 11.1 Å². The Morgan fingerprint density at radius 2 is 1.94 bits per heavy atom. The van der Waals surface area contributed by atoms with Crippen LogP contribution in [0, 0.1) is 0 Å². The van der Waals surface area contributed by atoms with Gasteiger partial charge in [0, 0.05) is 0 Å². The normalized spacial score (nSPS) is 11.2. The highest BCUT2D eigenvalue weighted by Gasteiger charge is 2.29. The Morgan fingerprint density at radius 1 is 1.23 bits per heavy atom. The van der Waals surface area contributed by atoms with Crippen LogP contribution >= 0.6 is 0 Å². The molecule has 0 fully saturated rings. The summed E-state index contributed by atoms with van der Waals surface area (Å²) in [6.07, 6.45) is 0. The van der Waals surface area contributed by atoms with Crippen molar-refractivity contribution in [2.75, 3.05) is 17.8 Å². The smallest absolute Gasteiger partial charge is 0.313 e. The first-order valence-corrected chi connectivity index (χ1v) is 9.67. The molecule has 162 valence electrons. The number of rotatable bonds is 7. The molecule has 0 atom stereocenters. The Kier molecular flexibility index (Phi) is 5.98. The molecule has 2 aromatic carbocycles. The Bertz CT molecular complexity index is 1190.